The van der Waals surface area contributed by atoms with E-state index in [4.69, 9.17) is 16.3 Å². The molecule has 0 aromatic carbocycles. The zero-order valence-electron chi connectivity index (χ0n) is 9.97. The Labute approximate surface area is 112 Å². The van der Waals surface area contributed by atoms with Crippen molar-refractivity contribution >= 4 is 21.6 Å². The lowest BCUT2D eigenvalue weighted by Crippen LogP contribution is -2.40. The topological polar surface area (TPSA) is 68.3 Å². The number of rotatable bonds is 4. The monoisotopic (exact) mass is 290 g/mol. The molecule has 0 amide bonds. The van der Waals surface area contributed by atoms with Crippen molar-refractivity contribution in [3.8, 4) is 0 Å². The van der Waals surface area contributed by atoms with Crippen LogP contribution >= 0.6 is 11.6 Å². The van der Waals surface area contributed by atoms with E-state index in [1.165, 1.54) is 18.5 Å². The molecule has 7 heteroatoms. The first-order chi connectivity index (χ1) is 8.50. The summed E-state index contributed by atoms with van der Waals surface area (Å²) in [6, 6.07) is 1.17. The normalized spacial score (nSPS) is 22.0. The average molecular weight is 291 g/mol. The predicted molar refractivity (Wildman–Crippen MR) is 68.0 cm³/mol. The van der Waals surface area contributed by atoms with E-state index in [2.05, 4.69) is 9.71 Å². The molecule has 100 valence electrons. The van der Waals surface area contributed by atoms with Gasteiger partial charge in [-0.15, -0.1) is 0 Å². The van der Waals surface area contributed by atoms with E-state index in [0.29, 0.717) is 6.61 Å². The van der Waals surface area contributed by atoms with Crippen LogP contribution in [0.1, 0.15) is 19.8 Å². The maximum Gasteiger partial charge on any atom is 0.243 e. The van der Waals surface area contributed by atoms with Crippen LogP contribution in [0.25, 0.3) is 0 Å². The minimum Gasteiger partial charge on any atom is -0.377 e. The number of hydrogen-bond donors (Lipinski definition) is 1. The van der Waals surface area contributed by atoms with Crippen molar-refractivity contribution in [2.24, 2.45) is 0 Å². The van der Waals surface area contributed by atoms with Crippen molar-refractivity contribution < 1.29 is 13.2 Å². The highest BCUT2D eigenvalue weighted by atomic mass is 35.5. The van der Waals surface area contributed by atoms with Crippen LogP contribution in [0.3, 0.4) is 0 Å². The van der Waals surface area contributed by atoms with Crippen molar-refractivity contribution in [3.05, 3.63) is 23.5 Å². The molecule has 0 radical (unpaired) electrons. The highest BCUT2D eigenvalue weighted by Gasteiger charge is 2.28. The molecular formula is C11H15ClN2O3S. The second-order valence-corrected chi connectivity index (χ2v) is 6.36. The molecule has 1 N–H and O–H groups in total. The van der Waals surface area contributed by atoms with Gasteiger partial charge in [-0.2, -0.15) is 0 Å². The molecule has 18 heavy (non-hydrogen) atoms. The van der Waals surface area contributed by atoms with Gasteiger partial charge in [-0.1, -0.05) is 11.6 Å². The first-order valence-corrected chi connectivity index (χ1v) is 7.60. The summed E-state index contributed by atoms with van der Waals surface area (Å²) in [5.41, 5.74) is 0. The Bertz CT molecular complexity index is 515. The Balaban J connectivity index is 2.14. The van der Waals surface area contributed by atoms with Gasteiger partial charge in [0.2, 0.25) is 10.0 Å². The van der Waals surface area contributed by atoms with Crippen LogP contribution < -0.4 is 4.72 Å². The Morgan fingerprint density at radius 3 is 3.00 bits per heavy atom. The summed E-state index contributed by atoms with van der Waals surface area (Å²) in [7, 11) is -3.65. The molecule has 1 saturated heterocycles. The minimum absolute atomic E-state index is 0.00323. The van der Waals surface area contributed by atoms with Crippen LogP contribution in [0.15, 0.2) is 23.4 Å². The number of nitrogens with zero attached hydrogens (tertiary/aromatic N) is 1. The van der Waals surface area contributed by atoms with Crippen molar-refractivity contribution in [1.82, 2.24) is 9.71 Å². The van der Waals surface area contributed by atoms with Gasteiger partial charge in [0.1, 0.15) is 4.90 Å². The van der Waals surface area contributed by atoms with Crippen LogP contribution in [0.2, 0.25) is 5.02 Å². The number of hydrogen-bond acceptors (Lipinski definition) is 4. The molecule has 1 aliphatic heterocycles. The van der Waals surface area contributed by atoms with Crippen LogP contribution in [-0.2, 0) is 14.8 Å². The number of aromatic nitrogens is 1. The summed E-state index contributed by atoms with van der Waals surface area (Å²) in [5.74, 6) is 0. The van der Waals surface area contributed by atoms with Gasteiger partial charge in [-0.05, 0) is 25.8 Å². The SMILES string of the molecule is CC(NS(=O)(=O)c1cnccc1Cl)C1CCCO1. The second-order valence-electron chi connectivity index (χ2n) is 4.27. The van der Waals surface area contributed by atoms with Gasteiger partial charge in [0.05, 0.1) is 11.1 Å². The van der Waals surface area contributed by atoms with Gasteiger partial charge in [-0.3, -0.25) is 4.98 Å². The third-order valence-corrected chi connectivity index (χ3v) is 4.92. The van der Waals surface area contributed by atoms with Crippen molar-refractivity contribution in [3.63, 3.8) is 0 Å². The minimum atomic E-state index is -3.65. The Kier molecular flexibility index (Phi) is 4.21. The summed E-state index contributed by atoms with van der Waals surface area (Å²) < 4.78 is 32.3. The second kappa shape index (κ2) is 5.52. The first kappa shape index (κ1) is 13.7. The lowest BCUT2D eigenvalue weighted by Gasteiger charge is -2.20. The molecule has 2 rings (SSSR count). The average Bonchev–Trinajstić information content (AvgIpc) is 2.82. The van der Waals surface area contributed by atoms with E-state index < -0.39 is 10.0 Å². The number of ether oxygens (including phenoxy) is 1. The molecule has 0 bridgehead atoms. The Morgan fingerprint density at radius 1 is 1.61 bits per heavy atom. The summed E-state index contributed by atoms with van der Waals surface area (Å²) in [5, 5.41) is 0.164. The number of pyridine rings is 1. The van der Waals surface area contributed by atoms with Crippen LogP contribution in [0.5, 0.6) is 0 Å². The fraction of sp³-hybridized carbons (Fsp3) is 0.545. The fourth-order valence-corrected chi connectivity index (χ4v) is 3.64. The fourth-order valence-electron chi connectivity index (χ4n) is 1.94. The molecule has 1 aliphatic rings. The van der Waals surface area contributed by atoms with E-state index in [-0.39, 0.29) is 22.1 Å². The Hall–Kier alpha value is -0.690. The van der Waals surface area contributed by atoms with Crippen molar-refractivity contribution in [1.29, 1.82) is 0 Å². The summed E-state index contributed by atoms with van der Waals surface area (Å²) >= 11 is 5.86. The first-order valence-electron chi connectivity index (χ1n) is 5.74. The molecule has 5 nitrogen and oxygen atoms in total. The third kappa shape index (κ3) is 3.00. The number of halogens is 1. The van der Waals surface area contributed by atoms with E-state index in [1.807, 2.05) is 0 Å². The summed E-state index contributed by atoms with van der Waals surface area (Å²) in [6.45, 7) is 2.47. The van der Waals surface area contributed by atoms with E-state index in [1.54, 1.807) is 6.92 Å². The summed E-state index contributed by atoms with van der Waals surface area (Å²) in [4.78, 5) is 3.78. The standard InChI is InChI=1S/C11H15ClN2O3S/c1-8(10-3-2-6-17-10)14-18(15,16)11-7-13-5-4-9(11)12/h4-5,7-8,10,14H,2-3,6H2,1H3. The van der Waals surface area contributed by atoms with Crippen molar-refractivity contribution in [2.75, 3.05) is 6.61 Å². The maximum absolute atomic E-state index is 12.1. The predicted octanol–water partition coefficient (Wildman–Crippen LogP) is 1.58. The molecule has 0 spiro atoms. The molecular weight excluding hydrogens is 276 g/mol. The highest BCUT2D eigenvalue weighted by molar-refractivity contribution is 7.89. The lowest BCUT2D eigenvalue weighted by molar-refractivity contribution is 0.0902. The van der Waals surface area contributed by atoms with Gasteiger partial charge < -0.3 is 4.74 Å². The molecule has 2 unspecified atom stereocenters. The van der Waals surface area contributed by atoms with E-state index >= 15 is 0 Å². The quantitative estimate of drug-likeness (QED) is 0.914. The summed E-state index contributed by atoms with van der Waals surface area (Å²) in [6.07, 6.45) is 4.45. The van der Waals surface area contributed by atoms with Crippen LogP contribution in [0, 0.1) is 0 Å². The van der Waals surface area contributed by atoms with Crippen molar-refractivity contribution in [2.45, 2.75) is 36.8 Å². The van der Waals surface area contributed by atoms with Gasteiger partial charge >= 0.3 is 0 Å². The smallest absolute Gasteiger partial charge is 0.243 e. The molecule has 1 aromatic rings. The number of sulfonamides is 1. The highest BCUT2D eigenvalue weighted by Crippen LogP contribution is 2.21. The van der Waals surface area contributed by atoms with Crippen LogP contribution in [-0.4, -0.2) is 32.2 Å². The molecule has 0 aliphatic carbocycles. The lowest BCUT2D eigenvalue weighted by atomic mass is 10.1. The molecule has 2 heterocycles. The van der Waals surface area contributed by atoms with Gasteiger partial charge in [0.15, 0.2) is 0 Å². The molecule has 2 atom stereocenters. The zero-order valence-corrected chi connectivity index (χ0v) is 11.5. The zero-order chi connectivity index (χ0) is 13.2. The van der Waals surface area contributed by atoms with Gasteiger partial charge in [0, 0.05) is 25.0 Å². The maximum atomic E-state index is 12.1. The molecule has 0 saturated carbocycles. The number of nitrogens with one attached hydrogen (secondary N) is 1. The third-order valence-electron chi connectivity index (χ3n) is 2.89. The van der Waals surface area contributed by atoms with Gasteiger partial charge in [-0.25, -0.2) is 13.1 Å². The Morgan fingerprint density at radius 2 is 2.39 bits per heavy atom. The molecule has 1 fully saturated rings. The van der Waals surface area contributed by atoms with E-state index in [0.717, 1.165) is 12.8 Å². The van der Waals surface area contributed by atoms with Crippen LogP contribution in [0.4, 0.5) is 0 Å². The van der Waals surface area contributed by atoms with E-state index in [9.17, 15) is 8.42 Å². The van der Waals surface area contributed by atoms with Gasteiger partial charge in [0.25, 0.3) is 0 Å². The molecule has 1 aromatic heterocycles. The largest absolute Gasteiger partial charge is 0.377 e.